The zero-order chi connectivity index (χ0) is 12.8. The van der Waals surface area contributed by atoms with Gasteiger partial charge in [0.05, 0.1) is 6.04 Å². The van der Waals surface area contributed by atoms with Gasteiger partial charge >= 0.3 is 0 Å². The van der Waals surface area contributed by atoms with Crippen LogP contribution in [-0.2, 0) is 11.2 Å². The molecule has 0 spiro atoms. The summed E-state index contributed by atoms with van der Waals surface area (Å²) in [6, 6.07) is 2.38. The van der Waals surface area contributed by atoms with Crippen molar-refractivity contribution in [1.29, 1.82) is 0 Å². The van der Waals surface area contributed by atoms with Crippen molar-refractivity contribution in [3.63, 3.8) is 0 Å². The van der Waals surface area contributed by atoms with Crippen LogP contribution in [-0.4, -0.2) is 22.9 Å². The highest BCUT2D eigenvalue weighted by Crippen LogP contribution is 2.36. The van der Waals surface area contributed by atoms with Crippen LogP contribution in [0.3, 0.4) is 0 Å². The number of fused-ring (bicyclic) bond motifs is 1. The van der Waals surface area contributed by atoms with Crippen LogP contribution < -0.4 is 5.73 Å². The van der Waals surface area contributed by atoms with E-state index in [2.05, 4.69) is 18.4 Å². The molecule has 0 bridgehead atoms. The normalized spacial score (nSPS) is 25.4. The van der Waals surface area contributed by atoms with Crippen molar-refractivity contribution in [3.8, 4) is 0 Å². The maximum Gasteiger partial charge on any atom is 0.224 e. The van der Waals surface area contributed by atoms with Gasteiger partial charge in [-0.25, -0.2) is 0 Å². The van der Waals surface area contributed by atoms with E-state index in [0.717, 1.165) is 25.8 Å². The molecule has 0 aromatic carbocycles. The maximum absolute atomic E-state index is 12.4. The van der Waals surface area contributed by atoms with Crippen molar-refractivity contribution in [1.82, 2.24) is 4.90 Å². The summed E-state index contributed by atoms with van der Waals surface area (Å²) >= 11 is 1.81. The van der Waals surface area contributed by atoms with Crippen molar-refractivity contribution in [2.45, 2.75) is 50.6 Å². The highest BCUT2D eigenvalue weighted by molar-refractivity contribution is 7.10. The number of hydrogen-bond donors (Lipinski definition) is 1. The summed E-state index contributed by atoms with van der Waals surface area (Å²) in [5.74, 6) is 0.238. The second-order valence-corrected chi connectivity index (χ2v) is 6.71. The van der Waals surface area contributed by atoms with Gasteiger partial charge in [0.25, 0.3) is 0 Å². The van der Waals surface area contributed by atoms with E-state index in [9.17, 15) is 4.79 Å². The summed E-state index contributed by atoms with van der Waals surface area (Å²) in [5, 5.41) is 2.13. The summed E-state index contributed by atoms with van der Waals surface area (Å²) in [7, 11) is 0. The highest BCUT2D eigenvalue weighted by atomic mass is 32.1. The van der Waals surface area contributed by atoms with Crippen LogP contribution in [0.1, 0.15) is 49.1 Å². The van der Waals surface area contributed by atoms with Crippen molar-refractivity contribution in [3.05, 3.63) is 21.9 Å². The van der Waals surface area contributed by atoms with E-state index in [-0.39, 0.29) is 17.5 Å². The maximum atomic E-state index is 12.4. The van der Waals surface area contributed by atoms with Gasteiger partial charge in [0.15, 0.2) is 0 Å². The largest absolute Gasteiger partial charge is 0.335 e. The van der Waals surface area contributed by atoms with Crippen LogP contribution in [0.5, 0.6) is 0 Å². The molecular formula is C14H20N2OS. The Bertz CT molecular complexity index is 464. The van der Waals surface area contributed by atoms with Crippen LogP contribution >= 0.6 is 11.3 Å². The topological polar surface area (TPSA) is 46.3 Å². The second kappa shape index (κ2) is 4.35. The lowest BCUT2D eigenvalue weighted by Crippen LogP contribution is -2.51. The minimum Gasteiger partial charge on any atom is -0.335 e. The van der Waals surface area contributed by atoms with E-state index in [1.54, 1.807) is 0 Å². The van der Waals surface area contributed by atoms with Crippen LogP contribution in [0.4, 0.5) is 0 Å². The number of nitrogens with two attached hydrogens (primary N) is 1. The third-order valence-corrected chi connectivity index (χ3v) is 5.45. The number of carbonyl (C=O) groups is 1. The predicted molar refractivity (Wildman–Crippen MR) is 73.5 cm³/mol. The highest BCUT2D eigenvalue weighted by Gasteiger charge is 2.38. The molecule has 1 unspecified atom stereocenters. The van der Waals surface area contributed by atoms with Crippen molar-refractivity contribution < 1.29 is 4.79 Å². The molecule has 1 amide bonds. The Morgan fingerprint density at radius 3 is 3.06 bits per heavy atom. The first kappa shape index (κ1) is 12.2. The number of carbonyl (C=O) groups excluding carboxylic acids is 1. The van der Waals surface area contributed by atoms with E-state index in [1.165, 1.54) is 16.9 Å². The summed E-state index contributed by atoms with van der Waals surface area (Å²) < 4.78 is 0. The molecule has 1 aliphatic carbocycles. The molecule has 2 aliphatic rings. The molecule has 4 heteroatoms. The molecule has 1 aromatic rings. The minimum absolute atomic E-state index is 0.203. The third kappa shape index (κ3) is 1.97. The Hall–Kier alpha value is -0.870. The van der Waals surface area contributed by atoms with E-state index in [4.69, 9.17) is 5.73 Å². The molecule has 1 fully saturated rings. The lowest BCUT2D eigenvalue weighted by atomic mass is 9.75. The summed E-state index contributed by atoms with van der Waals surface area (Å²) in [5.41, 5.74) is 7.32. The molecule has 1 aromatic heterocycles. The van der Waals surface area contributed by atoms with Crippen LogP contribution in [0.2, 0.25) is 0 Å². The molecule has 3 nitrogen and oxygen atoms in total. The zero-order valence-corrected chi connectivity index (χ0v) is 11.6. The molecule has 98 valence electrons. The van der Waals surface area contributed by atoms with Gasteiger partial charge in [0.2, 0.25) is 5.91 Å². The molecule has 18 heavy (non-hydrogen) atoms. The molecular weight excluding hydrogens is 244 g/mol. The fourth-order valence-corrected chi connectivity index (χ4v) is 4.02. The van der Waals surface area contributed by atoms with Crippen LogP contribution in [0.15, 0.2) is 11.4 Å². The second-order valence-electron chi connectivity index (χ2n) is 5.70. The van der Waals surface area contributed by atoms with Crippen molar-refractivity contribution >= 4 is 17.2 Å². The predicted octanol–water partition coefficient (Wildman–Crippen LogP) is 2.47. The van der Waals surface area contributed by atoms with Gasteiger partial charge in [0.1, 0.15) is 0 Å². The molecule has 2 heterocycles. The third-order valence-electron chi connectivity index (χ3n) is 4.45. The van der Waals surface area contributed by atoms with Gasteiger partial charge in [-0.3, -0.25) is 4.79 Å². The quantitative estimate of drug-likeness (QED) is 0.892. The number of thiophene rings is 1. The first-order valence-corrected chi connectivity index (χ1v) is 7.62. The Labute approximate surface area is 112 Å². The fourth-order valence-electron chi connectivity index (χ4n) is 3.06. The van der Waals surface area contributed by atoms with Gasteiger partial charge in [-0.15, -0.1) is 11.3 Å². The molecule has 3 rings (SSSR count). The Morgan fingerprint density at radius 2 is 2.39 bits per heavy atom. The molecule has 2 N–H and O–H groups in total. The Balaban J connectivity index is 1.72. The van der Waals surface area contributed by atoms with Crippen LogP contribution in [0.25, 0.3) is 0 Å². The standard InChI is InChI=1S/C14H20N2OS/c1-10-11-4-8-18-12(11)3-7-16(10)13(17)9-14(15)5-2-6-14/h4,8,10H,2-3,5-7,9,15H2,1H3. The van der Waals surface area contributed by atoms with E-state index in [0.29, 0.717) is 6.42 Å². The lowest BCUT2D eigenvalue weighted by molar-refractivity contribution is -0.135. The smallest absolute Gasteiger partial charge is 0.224 e. The first-order chi connectivity index (χ1) is 8.59. The zero-order valence-electron chi connectivity index (χ0n) is 10.8. The average molecular weight is 264 g/mol. The minimum atomic E-state index is -0.203. The molecule has 1 aliphatic heterocycles. The molecule has 0 saturated heterocycles. The first-order valence-electron chi connectivity index (χ1n) is 6.74. The Morgan fingerprint density at radius 1 is 1.61 bits per heavy atom. The number of amides is 1. The summed E-state index contributed by atoms with van der Waals surface area (Å²) in [6.45, 7) is 2.98. The summed E-state index contributed by atoms with van der Waals surface area (Å²) in [6.07, 6.45) is 4.71. The van der Waals surface area contributed by atoms with Gasteiger partial charge in [-0.05, 0) is 49.6 Å². The Kier molecular flexibility index (Phi) is 2.94. The lowest BCUT2D eigenvalue weighted by Gasteiger charge is -2.41. The molecule has 1 saturated carbocycles. The summed E-state index contributed by atoms with van der Waals surface area (Å²) in [4.78, 5) is 15.9. The van der Waals surface area contributed by atoms with E-state index in [1.807, 2.05) is 16.2 Å². The SMILES string of the molecule is CC1c2ccsc2CCN1C(=O)CC1(N)CCC1. The average Bonchev–Trinajstić information content (AvgIpc) is 2.76. The number of rotatable bonds is 2. The number of nitrogens with zero attached hydrogens (tertiary/aromatic N) is 1. The number of hydrogen-bond acceptors (Lipinski definition) is 3. The van der Waals surface area contributed by atoms with Gasteiger partial charge in [0, 0.05) is 23.4 Å². The van der Waals surface area contributed by atoms with Gasteiger partial charge < -0.3 is 10.6 Å². The van der Waals surface area contributed by atoms with E-state index < -0.39 is 0 Å². The van der Waals surface area contributed by atoms with Crippen LogP contribution in [0, 0.1) is 0 Å². The van der Waals surface area contributed by atoms with E-state index >= 15 is 0 Å². The molecule has 0 radical (unpaired) electrons. The fraction of sp³-hybridized carbons (Fsp3) is 0.643. The molecule has 1 atom stereocenters. The van der Waals surface area contributed by atoms with Crippen molar-refractivity contribution in [2.24, 2.45) is 5.73 Å². The monoisotopic (exact) mass is 264 g/mol. The van der Waals surface area contributed by atoms with Gasteiger partial charge in [-0.2, -0.15) is 0 Å². The van der Waals surface area contributed by atoms with Crippen molar-refractivity contribution in [2.75, 3.05) is 6.54 Å². The van der Waals surface area contributed by atoms with Gasteiger partial charge in [-0.1, -0.05) is 0 Å².